The fourth-order valence-electron chi connectivity index (χ4n) is 1.78. The van der Waals surface area contributed by atoms with Gasteiger partial charge in [-0.2, -0.15) is 5.10 Å². The van der Waals surface area contributed by atoms with Gasteiger partial charge in [0, 0.05) is 10.7 Å². The highest BCUT2D eigenvalue weighted by Gasteiger charge is 2.19. The molecule has 6 nitrogen and oxygen atoms in total. The molecule has 0 radical (unpaired) electrons. The largest absolute Gasteiger partial charge is 0.285 e. The second-order valence-electron chi connectivity index (χ2n) is 5.18. The molecule has 0 bridgehead atoms. The van der Waals surface area contributed by atoms with E-state index in [0.717, 1.165) is 5.69 Å². The Hall–Kier alpha value is -1.86. The molecule has 0 aliphatic rings. The Bertz CT molecular complexity index is 767. The van der Waals surface area contributed by atoms with Gasteiger partial charge in [-0.15, -0.1) is 0 Å². The average Bonchev–Trinajstić information content (AvgIpc) is 2.90. The monoisotopic (exact) mass is 341 g/mol. The predicted molar refractivity (Wildman–Crippen MR) is 84.2 cm³/mol. The van der Waals surface area contributed by atoms with Crippen molar-refractivity contribution in [3.63, 3.8) is 0 Å². The third-order valence-corrected chi connectivity index (χ3v) is 4.43. The summed E-state index contributed by atoms with van der Waals surface area (Å²) >= 11 is 5.74. The molecule has 8 heteroatoms. The average molecular weight is 342 g/mol. The van der Waals surface area contributed by atoms with E-state index < -0.39 is 15.9 Å². The molecule has 1 amide bonds. The number of hydrogen-bond acceptors (Lipinski definition) is 4. The fraction of sp³-hybridized carbons (Fsp3) is 0.286. The lowest BCUT2D eigenvalue weighted by Gasteiger charge is -2.05. The highest BCUT2D eigenvalue weighted by molar-refractivity contribution is 7.89. The van der Waals surface area contributed by atoms with E-state index in [4.69, 9.17) is 11.6 Å². The van der Waals surface area contributed by atoms with E-state index in [1.54, 1.807) is 24.3 Å². The minimum atomic E-state index is -3.80. The molecule has 0 spiro atoms. The molecular formula is C14H16ClN3O3S. The standard InChI is InChI=1S/C14H16ClN3O3S/c1-9(2)12-7-13(17-16-12)14(19)18-22(20,21)8-10-3-5-11(15)6-4-10/h3-7,9H,8H2,1-2H3,(H,16,17)(H,18,19). The number of halogens is 1. The Morgan fingerprint density at radius 3 is 2.50 bits per heavy atom. The van der Waals surface area contributed by atoms with Gasteiger partial charge in [-0.05, 0) is 29.7 Å². The summed E-state index contributed by atoms with van der Waals surface area (Å²) in [5.41, 5.74) is 1.35. The predicted octanol–water partition coefficient (Wildman–Crippen LogP) is 2.45. The molecular weight excluding hydrogens is 326 g/mol. The van der Waals surface area contributed by atoms with Gasteiger partial charge in [0.05, 0.1) is 5.75 Å². The maximum absolute atomic E-state index is 12.0. The summed E-state index contributed by atoms with van der Waals surface area (Å²) in [7, 11) is -3.80. The molecule has 0 atom stereocenters. The number of aromatic amines is 1. The van der Waals surface area contributed by atoms with Crippen molar-refractivity contribution in [1.82, 2.24) is 14.9 Å². The van der Waals surface area contributed by atoms with E-state index in [9.17, 15) is 13.2 Å². The van der Waals surface area contributed by atoms with Gasteiger partial charge >= 0.3 is 0 Å². The number of sulfonamides is 1. The number of carbonyl (C=O) groups excluding carboxylic acids is 1. The summed E-state index contributed by atoms with van der Waals surface area (Å²) in [5, 5.41) is 7.05. The molecule has 2 N–H and O–H groups in total. The van der Waals surface area contributed by atoms with Crippen molar-refractivity contribution in [3.8, 4) is 0 Å². The van der Waals surface area contributed by atoms with Crippen LogP contribution in [-0.2, 0) is 15.8 Å². The highest BCUT2D eigenvalue weighted by atomic mass is 35.5. The van der Waals surface area contributed by atoms with Crippen LogP contribution in [0.2, 0.25) is 5.02 Å². The van der Waals surface area contributed by atoms with Crippen LogP contribution in [-0.4, -0.2) is 24.5 Å². The molecule has 0 unspecified atom stereocenters. The molecule has 2 rings (SSSR count). The first-order chi connectivity index (χ1) is 10.3. The number of nitrogens with zero attached hydrogens (tertiary/aromatic N) is 1. The van der Waals surface area contributed by atoms with Crippen molar-refractivity contribution in [2.75, 3.05) is 0 Å². The van der Waals surface area contributed by atoms with Crippen LogP contribution in [0.5, 0.6) is 0 Å². The molecule has 1 aromatic heterocycles. The van der Waals surface area contributed by atoms with Gasteiger partial charge in [0.1, 0.15) is 0 Å². The van der Waals surface area contributed by atoms with Crippen LogP contribution in [0.1, 0.15) is 41.5 Å². The summed E-state index contributed by atoms with van der Waals surface area (Å²) in [6, 6.07) is 7.92. The molecule has 1 heterocycles. The lowest BCUT2D eigenvalue weighted by Crippen LogP contribution is -2.31. The van der Waals surface area contributed by atoms with Crippen LogP contribution in [0.15, 0.2) is 30.3 Å². The van der Waals surface area contributed by atoms with Crippen molar-refractivity contribution in [1.29, 1.82) is 0 Å². The van der Waals surface area contributed by atoms with E-state index >= 15 is 0 Å². The Labute approximate surface area is 133 Å². The number of H-pyrrole nitrogens is 1. The summed E-state index contributed by atoms with van der Waals surface area (Å²) in [4.78, 5) is 11.9. The first kappa shape index (κ1) is 16.5. The lowest BCUT2D eigenvalue weighted by atomic mass is 10.1. The Morgan fingerprint density at radius 1 is 1.32 bits per heavy atom. The zero-order valence-electron chi connectivity index (χ0n) is 12.1. The third-order valence-electron chi connectivity index (χ3n) is 2.97. The maximum Gasteiger partial charge on any atom is 0.285 e. The van der Waals surface area contributed by atoms with Crippen molar-refractivity contribution in [2.24, 2.45) is 0 Å². The van der Waals surface area contributed by atoms with E-state index in [1.165, 1.54) is 6.07 Å². The quantitative estimate of drug-likeness (QED) is 0.873. The van der Waals surface area contributed by atoms with Gasteiger partial charge in [0.25, 0.3) is 5.91 Å². The van der Waals surface area contributed by atoms with Crippen molar-refractivity contribution in [2.45, 2.75) is 25.5 Å². The zero-order chi connectivity index (χ0) is 16.3. The van der Waals surface area contributed by atoms with Crippen molar-refractivity contribution < 1.29 is 13.2 Å². The minimum absolute atomic E-state index is 0.0448. The van der Waals surface area contributed by atoms with Gasteiger partial charge in [0.2, 0.25) is 10.0 Å². The Balaban J connectivity index is 2.07. The fourth-order valence-corrected chi connectivity index (χ4v) is 2.99. The molecule has 0 saturated carbocycles. The van der Waals surface area contributed by atoms with Crippen LogP contribution in [0.3, 0.4) is 0 Å². The van der Waals surface area contributed by atoms with Gasteiger partial charge in [-0.1, -0.05) is 37.6 Å². The molecule has 118 valence electrons. The SMILES string of the molecule is CC(C)c1cc(C(=O)NS(=O)(=O)Cc2ccc(Cl)cc2)n[nH]1. The first-order valence-corrected chi connectivity index (χ1v) is 8.64. The second kappa shape index (κ2) is 6.50. The summed E-state index contributed by atoms with van der Waals surface area (Å²) in [6.45, 7) is 3.87. The molecule has 22 heavy (non-hydrogen) atoms. The van der Waals surface area contributed by atoms with Gasteiger partial charge in [-0.3, -0.25) is 9.89 Å². The summed E-state index contributed by atoms with van der Waals surface area (Å²) in [6.07, 6.45) is 0. The van der Waals surface area contributed by atoms with Crippen LogP contribution in [0, 0.1) is 0 Å². The smallest absolute Gasteiger partial charge is 0.282 e. The summed E-state index contributed by atoms with van der Waals surface area (Å²) in [5.74, 6) is -0.894. The zero-order valence-corrected chi connectivity index (χ0v) is 13.7. The normalized spacial score (nSPS) is 11.6. The molecule has 2 aromatic rings. The number of nitrogens with one attached hydrogen (secondary N) is 2. The topological polar surface area (TPSA) is 91.9 Å². The van der Waals surface area contributed by atoms with Crippen molar-refractivity contribution in [3.05, 3.63) is 52.3 Å². The van der Waals surface area contributed by atoms with Crippen LogP contribution in [0.25, 0.3) is 0 Å². The number of rotatable bonds is 5. The first-order valence-electron chi connectivity index (χ1n) is 6.61. The van der Waals surface area contributed by atoms with E-state index in [-0.39, 0.29) is 17.4 Å². The number of amides is 1. The number of carbonyl (C=O) groups is 1. The van der Waals surface area contributed by atoms with E-state index in [0.29, 0.717) is 10.6 Å². The Kier molecular flexibility index (Phi) is 4.87. The maximum atomic E-state index is 12.0. The van der Waals surface area contributed by atoms with Crippen LogP contribution < -0.4 is 4.72 Å². The van der Waals surface area contributed by atoms with Crippen LogP contribution in [0.4, 0.5) is 0 Å². The molecule has 0 fully saturated rings. The van der Waals surface area contributed by atoms with Crippen molar-refractivity contribution >= 4 is 27.5 Å². The van der Waals surface area contributed by atoms with E-state index in [1.807, 2.05) is 18.6 Å². The lowest BCUT2D eigenvalue weighted by molar-refractivity contribution is 0.0976. The van der Waals surface area contributed by atoms with Gasteiger partial charge < -0.3 is 0 Å². The highest BCUT2D eigenvalue weighted by Crippen LogP contribution is 2.13. The number of benzene rings is 1. The Morgan fingerprint density at radius 2 is 1.95 bits per heavy atom. The number of aromatic nitrogens is 2. The molecule has 0 aliphatic heterocycles. The molecule has 0 saturated heterocycles. The van der Waals surface area contributed by atoms with Gasteiger partial charge in [-0.25, -0.2) is 13.1 Å². The van der Waals surface area contributed by atoms with Gasteiger partial charge in [0.15, 0.2) is 5.69 Å². The van der Waals surface area contributed by atoms with Crippen LogP contribution >= 0.6 is 11.6 Å². The number of hydrogen-bond donors (Lipinski definition) is 2. The molecule has 0 aliphatic carbocycles. The van der Waals surface area contributed by atoms with E-state index in [2.05, 4.69) is 10.2 Å². The second-order valence-corrected chi connectivity index (χ2v) is 7.34. The summed E-state index contributed by atoms with van der Waals surface area (Å²) < 4.78 is 26.0. The third kappa shape index (κ3) is 4.32. The minimum Gasteiger partial charge on any atom is -0.282 e. The molecule has 1 aromatic carbocycles.